The Kier molecular flexibility index (Phi) is 5.03. The summed E-state index contributed by atoms with van der Waals surface area (Å²) in [6, 6.07) is 7.62. The average molecular weight is 317 g/mol. The molecule has 0 aliphatic heterocycles. The van der Waals surface area contributed by atoms with Crippen molar-refractivity contribution >= 4 is 12.0 Å². The molecule has 0 unspecified atom stereocenters. The summed E-state index contributed by atoms with van der Waals surface area (Å²) in [7, 11) is 0. The van der Waals surface area contributed by atoms with E-state index in [1.165, 1.54) is 0 Å². The van der Waals surface area contributed by atoms with Crippen molar-refractivity contribution in [2.24, 2.45) is 0 Å². The maximum atomic E-state index is 11.9. The van der Waals surface area contributed by atoms with Crippen molar-refractivity contribution in [3.05, 3.63) is 41.2 Å². The molecular weight excluding hydrogens is 294 g/mol. The monoisotopic (exact) mass is 317 g/mol. The van der Waals surface area contributed by atoms with Gasteiger partial charge in [-0.25, -0.2) is 4.79 Å². The summed E-state index contributed by atoms with van der Waals surface area (Å²) < 4.78 is 10.4. The van der Waals surface area contributed by atoms with Crippen molar-refractivity contribution in [1.82, 2.24) is 10.1 Å². The molecule has 124 valence electrons. The highest BCUT2D eigenvalue weighted by atomic mass is 16.6. The number of ether oxygens (including phenoxy) is 1. The van der Waals surface area contributed by atoms with Crippen LogP contribution >= 0.6 is 0 Å². The average Bonchev–Trinajstić information content (AvgIpc) is 2.93. The van der Waals surface area contributed by atoms with Crippen LogP contribution in [0.4, 0.5) is 6.01 Å². The van der Waals surface area contributed by atoms with Crippen LogP contribution < -0.4 is 5.32 Å². The van der Waals surface area contributed by atoms with Crippen LogP contribution in [-0.4, -0.2) is 21.7 Å². The summed E-state index contributed by atoms with van der Waals surface area (Å²) in [5.74, 6) is 0.575. The summed E-state index contributed by atoms with van der Waals surface area (Å²) in [4.78, 5) is 16.2. The van der Waals surface area contributed by atoms with E-state index in [0.29, 0.717) is 23.9 Å². The van der Waals surface area contributed by atoms with Gasteiger partial charge in [0.15, 0.2) is 5.82 Å². The maximum absolute atomic E-state index is 11.9. The van der Waals surface area contributed by atoms with E-state index < -0.39 is 5.60 Å². The molecule has 0 amide bonds. The van der Waals surface area contributed by atoms with E-state index in [1.807, 2.05) is 46.8 Å². The van der Waals surface area contributed by atoms with Gasteiger partial charge in [-0.05, 0) is 38.5 Å². The number of carbonyl (C=O) groups is 1. The molecule has 6 nitrogen and oxygen atoms in total. The molecule has 1 heterocycles. The van der Waals surface area contributed by atoms with Crippen LogP contribution in [0.5, 0.6) is 0 Å². The van der Waals surface area contributed by atoms with Crippen LogP contribution in [0.2, 0.25) is 0 Å². The van der Waals surface area contributed by atoms with Crippen LogP contribution in [0.3, 0.4) is 0 Å². The second-order valence-corrected chi connectivity index (χ2v) is 6.66. The van der Waals surface area contributed by atoms with E-state index in [-0.39, 0.29) is 11.9 Å². The van der Waals surface area contributed by atoms with E-state index in [2.05, 4.69) is 15.5 Å². The van der Waals surface area contributed by atoms with Gasteiger partial charge >= 0.3 is 12.0 Å². The predicted octanol–water partition coefficient (Wildman–Crippen LogP) is 3.76. The lowest BCUT2D eigenvalue weighted by atomic mass is 10.1. The SMILES string of the molecule is CC(C)c1noc(NCc2ccc(C(=O)OC(C)(C)C)cc2)n1. The van der Waals surface area contributed by atoms with Gasteiger partial charge in [0, 0.05) is 12.5 Å². The number of carbonyl (C=O) groups excluding carboxylic acids is 1. The predicted molar refractivity (Wildman–Crippen MR) is 87.3 cm³/mol. The number of esters is 1. The lowest BCUT2D eigenvalue weighted by molar-refractivity contribution is 0.00695. The molecule has 6 heteroatoms. The van der Waals surface area contributed by atoms with Gasteiger partial charge in [0.05, 0.1) is 5.56 Å². The minimum atomic E-state index is -0.497. The van der Waals surface area contributed by atoms with Crippen LogP contribution in [0.15, 0.2) is 28.8 Å². The maximum Gasteiger partial charge on any atom is 0.338 e. The van der Waals surface area contributed by atoms with Crippen molar-refractivity contribution in [2.75, 3.05) is 5.32 Å². The number of hydrogen-bond acceptors (Lipinski definition) is 6. The number of nitrogens with zero attached hydrogens (tertiary/aromatic N) is 2. The normalized spacial score (nSPS) is 11.6. The van der Waals surface area contributed by atoms with Gasteiger partial charge < -0.3 is 14.6 Å². The van der Waals surface area contributed by atoms with Crippen molar-refractivity contribution in [2.45, 2.75) is 52.7 Å². The van der Waals surface area contributed by atoms with Crippen LogP contribution in [0.25, 0.3) is 0 Å². The number of hydrogen-bond donors (Lipinski definition) is 1. The lowest BCUT2D eigenvalue weighted by Crippen LogP contribution is -2.23. The Morgan fingerprint density at radius 3 is 2.43 bits per heavy atom. The Hall–Kier alpha value is -2.37. The third kappa shape index (κ3) is 5.09. The van der Waals surface area contributed by atoms with Crippen molar-refractivity contribution in [3.63, 3.8) is 0 Å². The zero-order chi connectivity index (χ0) is 17.0. The molecule has 1 aromatic carbocycles. The quantitative estimate of drug-likeness (QED) is 0.846. The second kappa shape index (κ2) is 6.81. The van der Waals surface area contributed by atoms with Gasteiger partial charge in [0.1, 0.15) is 5.60 Å². The van der Waals surface area contributed by atoms with Gasteiger partial charge in [-0.2, -0.15) is 4.98 Å². The number of rotatable bonds is 5. The lowest BCUT2D eigenvalue weighted by Gasteiger charge is -2.19. The van der Waals surface area contributed by atoms with E-state index >= 15 is 0 Å². The first-order valence-electron chi connectivity index (χ1n) is 7.64. The molecule has 1 aromatic heterocycles. The summed E-state index contributed by atoms with van der Waals surface area (Å²) in [5.41, 5.74) is 1.04. The minimum absolute atomic E-state index is 0.224. The topological polar surface area (TPSA) is 77.2 Å². The molecule has 0 fully saturated rings. The molecular formula is C17H23N3O3. The molecule has 0 bridgehead atoms. The molecule has 1 N–H and O–H groups in total. The Labute approximate surface area is 136 Å². The highest BCUT2D eigenvalue weighted by Gasteiger charge is 2.17. The molecule has 2 aromatic rings. The van der Waals surface area contributed by atoms with Gasteiger partial charge in [-0.3, -0.25) is 0 Å². The first-order valence-corrected chi connectivity index (χ1v) is 7.64. The molecule has 0 saturated carbocycles. The Morgan fingerprint density at radius 1 is 1.26 bits per heavy atom. The largest absolute Gasteiger partial charge is 0.456 e. The second-order valence-electron chi connectivity index (χ2n) is 6.66. The number of aromatic nitrogens is 2. The van der Waals surface area contributed by atoms with E-state index in [1.54, 1.807) is 12.1 Å². The summed E-state index contributed by atoms with van der Waals surface area (Å²) in [6.07, 6.45) is 0. The fourth-order valence-corrected chi connectivity index (χ4v) is 1.81. The number of nitrogens with one attached hydrogen (secondary N) is 1. The Bertz CT molecular complexity index is 654. The highest BCUT2D eigenvalue weighted by molar-refractivity contribution is 5.89. The standard InChI is InChI=1S/C17H23N3O3/c1-11(2)14-19-16(23-20-14)18-10-12-6-8-13(9-7-12)15(21)22-17(3,4)5/h6-9,11H,10H2,1-5H3,(H,18,19,20). The zero-order valence-corrected chi connectivity index (χ0v) is 14.2. The zero-order valence-electron chi connectivity index (χ0n) is 14.2. The third-order valence-electron chi connectivity index (χ3n) is 2.99. The molecule has 0 aliphatic rings. The summed E-state index contributed by atoms with van der Waals surface area (Å²) >= 11 is 0. The van der Waals surface area contributed by atoms with Crippen LogP contribution in [-0.2, 0) is 11.3 Å². The minimum Gasteiger partial charge on any atom is -0.456 e. The fourth-order valence-electron chi connectivity index (χ4n) is 1.81. The smallest absolute Gasteiger partial charge is 0.338 e. The molecule has 0 radical (unpaired) electrons. The highest BCUT2D eigenvalue weighted by Crippen LogP contribution is 2.15. The molecule has 0 saturated heterocycles. The van der Waals surface area contributed by atoms with Gasteiger partial charge in [-0.15, -0.1) is 0 Å². The molecule has 0 atom stereocenters. The van der Waals surface area contributed by atoms with E-state index in [4.69, 9.17) is 9.26 Å². The van der Waals surface area contributed by atoms with Crippen molar-refractivity contribution in [3.8, 4) is 0 Å². The summed E-state index contributed by atoms with van der Waals surface area (Å²) in [5, 5.41) is 6.96. The molecule has 23 heavy (non-hydrogen) atoms. The van der Waals surface area contributed by atoms with E-state index in [0.717, 1.165) is 5.56 Å². The van der Waals surface area contributed by atoms with E-state index in [9.17, 15) is 4.79 Å². The number of benzene rings is 1. The summed E-state index contributed by atoms with van der Waals surface area (Å²) in [6.45, 7) is 10.1. The fraction of sp³-hybridized carbons (Fsp3) is 0.471. The molecule has 2 rings (SSSR count). The van der Waals surface area contributed by atoms with Gasteiger partial charge in [0.2, 0.25) is 0 Å². The number of anilines is 1. The van der Waals surface area contributed by atoms with Gasteiger partial charge in [-0.1, -0.05) is 31.1 Å². The Balaban J connectivity index is 1.93. The van der Waals surface area contributed by atoms with Crippen LogP contribution in [0, 0.1) is 0 Å². The third-order valence-corrected chi connectivity index (χ3v) is 2.99. The van der Waals surface area contributed by atoms with Crippen molar-refractivity contribution in [1.29, 1.82) is 0 Å². The van der Waals surface area contributed by atoms with Crippen LogP contribution in [0.1, 0.15) is 62.3 Å². The molecule has 0 spiro atoms. The first-order chi connectivity index (χ1) is 10.7. The molecule has 0 aliphatic carbocycles. The van der Waals surface area contributed by atoms with Gasteiger partial charge in [0.25, 0.3) is 0 Å². The first kappa shape index (κ1) is 17.0. The Morgan fingerprint density at radius 2 is 1.91 bits per heavy atom. The van der Waals surface area contributed by atoms with Crippen molar-refractivity contribution < 1.29 is 14.1 Å².